The monoisotopic (exact) mass is 466 g/mol. The highest BCUT2D eigenvalue weighted by Crippen LogP contribution is 2.27. The number of aryl methyl sites for hydroxylation is 1. The Morgan fingerprint density at radius 1 is 1.18 bits per heavy atom. The van der Waals surface area contributed by atoms with Gasteiger partial charge in [-0.2, -0.15) is 0 Å². The fourth-order valence-electron chi connectivity index (χ4n) is 2.32. The molecular formula is C17H12BrIN2O. The Bertz CT molecular complexity index is 880. The smallest absolute Gasteiger partial charge is 0.257 e. The van der Waals surface area contributed by atoms with E-state index in [2.05, 4.69) is 48.8 Å². The molecule has 1 heterocycles. The van der Waals surface area contributed by atoms with Gasteiger partial charge in [-0.1, -0.05) is 40.2 Å². The van der Waals surface area contributed by atoms with Crippen LogP contribution in [0.15, 0.2) is 53.1 Å². The van der Waals surface area contributed by atoms with Crippen LogP contribution in [0.4, 0.5) is 5.82 Å². The average molecular weight is 467 g/mol. The van der Waals surface area contributed by atoms with E-state index in [0.717, 1.165) is 24.4 Å². The van der Waals surface area contributed by atoms with Gasteiger partial charge in [0.2, 0.25) is 0 Å². The third-order valence-electron chi connectivity index (χ3n) is 3.39. The molecule has 3 aromatic rings. The summed E-state index contributed by atoms with van der Waals surface area (Å²) in [6, 6.07) is 13.5. The number of nitrogens with zero attached hydrogens (tertiary/aromatic N) is 1. The van der Waals surface area contributed by atoms with Crippen LogP contribution in [0.3, 0.4) is 0 Å². The molecule has 1 amide bonds. The first-order chi connectivity index (χ1) is 10.6. The number of fused-ring (bicyclic) bond motifs is 1. The number of carbonyl (C=O) groups excluding carboxylic acids is 1. The van der Waals surface area contributed by atoms with Gasteiger partial charge < -0.3 is 5.32 Å². The Labute approximate surface area is 150 Å². The first kappa shape index (κ1) is 15.4. The second kappa shape index (κ2) is 6.34. The molecule has 22 heavy (non-hydrogen) atoms. The fraction of sp³-hybridized carbons (Fsp3) is 0.0588. The molecule has 0 atom stereocenters. The van der Waals surface area contributed by atoms with Crippen molar-refractivity contribution in [3.8, 4) is 0 Å². The van der Waals surface area contributed by atoms with Gasteiger partial charge in [-0.15, -0.1) is 0 Å². The Morgan fingerprint density at radius 3 is 2.68 bits per heavy atom. The van der Waals surface area contributed by atoms with Crippen LogP contribution in [0.2, 0.25) is 0 Å². The van der Waals surface area contributed by atoms with Gasteiger partial charge >= 0.3 is 0 Å². The van der Waals surface area contributed by atoms with Crippen LogP contribution in [-0.4, -0.2) is 10.9 Å². The van der Waals surface area contributed by atoms with E-state index in [1.807, 2.05) is 49.4 Å². The molecule has 1 N–H and O–H groups in total. The van der Waals surface area contributed by atoms with E-state index in [1.54, 1.807) is 6.20 Å². The summed E-state index contributed by atoms with van der Waals surface area (Å²) in [5, 5.41) is 4.83. The summed E-state index contributed by atoms with van der Waals surface area (Å²) in [5.41, 5.74) is 1.58. The van der Waals surface area contributed by atoms with Gasteiger partial charge in [-0.05, 0) is 64.0 Å². The maximum absolute atomic E-state index is 12.6. The number of amides is 1. The molecule has 3 rings (SSSR count). The minimum Gasteiger partial charge on any atom is -0.306 e. The normalized spacial score (nSPS) is 10.7. The summed E-state index contributed by atoms with van der Waals surface area (Å²) < 4.78 is 2.02. The average Bonchev–Trinajstić information content (AvgIpc) is 2.50. The van der Waals surface area contributed by atoms with Gasteiger partial charge in [-0.25, -0.2) is 4.98 Å². The van der Waals surface area contributed by atoms with Crippen molar-refractivity contribution in [3.05, 3.63) is 67.8 Å². The van der Waals surface area contributed by atoms with Crippen LogP contribution in [0.25, 0.3) is 10.8 Å². The second-order valence-corrected chi connectivity index (χ2v) is 7.01. The van der Waals surface area contributed by atoms with E-state index in [-0.39, 0.29) is 5.91 Å². The van der Waals surface area contributed by atoms with Crippen LogP contribution in [0.1, 0.15) is 15.9 Å². The molecule has 2 aromatic carbocycles. The van der Waals surface area contributed by atoms with Gasteiger partial charge in [0, 0.05) is 19.8 Å². The van der Waals surface area contributed by atoms with Crippen LogP contribution >= 0.6 is 38.5 Å². The first-order valence-corrected chi connectivity index (χ1v) is 8.54. The quantitative estimate of drug-likeness (QED) is 0.530. The maximum atomic E-state index is 12.6. The second-order valence-electron chi connectivity index (χ2n) is 4.91. The van der Waals surface area contributed by atoms with E-state index >= 15 is 0 Å². The summed E-state index contributed by atoms with van der Waals surface area (Å²) in [6.07, 6.45) is 1.74. The number of pyridine rings is 1. The molecule has 0 aliphatic rings. The SMILES string of the molecule is Cc1cc(I)cnc1NC(=O)c1cccc2c(Br)cccc12. The van der Waals surface area contributed by atoms with Crippen LogP contribution in [-0.2, 0) is 0 Å². The number of hydrogen-bond donors (Lipinski definition) is 1. The topological polar surface area (TPSA) is 42.0 Å². The van der Waals surface area contributed by atoms with Gasteiger partial charge in [0.05, 0.1) is 0 Å². The van der Waals surface area contributed by atoms with Crippen molar-refractivity contribution in [1.82, 2.24) is 4.98 Å². The highest BCUT2D eigenvalue weighted by molar-refractivity contribution is 14.1. The molecular weight excluding hydrogens is 455 g/mol. The minimum atomic E-state index is -0.152. The predicted octanol–water partition coefficient (Wildman–Crippen LogP) is 5.16. The van der Waals surface area contributed by atoms with E-state index in [1.165, 1.54) is 0 Å². The van der Waals surface area contributed by atoms with Crippen LogP contribution < -0.4 is 5.32 Å². The van der Waals surface area contributed by atoms with Crippen molar-refractivity contribution in [2.24, 2.45) is 0 Å². The Balaban J connectivity index is 2.01. The predicted molar refractivity (Wildman–Crippen MR) is 101 cm³/mol. The molecule has 0 unspecified atom stereocenters. The molecule has 1 aromatic heterocycles. The minimum absolute atomic E-state index is 0.152. The molecule has 5 heteroatoms. The van der Waals surface area contributed by atoms with Crippen LogP contribution in [0.5, 0.6) is 0 Å². The Kier molecular flexibility index (Phi) is 4.44. The van der Waals surface area contributed by atoms with Gasteiger partial charge in [-0.3, -0.25) is 4.79 Å². The van der Waals surface area contributed by atoms with Crippen molar-refractivity contribution in [3.63, 3.8) is 0 Å². The number of nitrogens with one attached hydrogen (secondary N) is 1. The number of rotatable bonds is 2. The molecule has 0 saturated carbocycles. The number of anilines is 1. The zero-order chi connectivity index (χ0) is 15.7. The summed E-state index contributed by atoms with van der Waals surface area (Å²) >= 11 is 5.72. The largest absolute Gasteiger partial charge is 0.306 e. The molecule has 0 fully saturated rings. The summed E-state index contributed by atoms with van der Waals surface area (Å²) in [5.74, 6) is 0.443. The number of hydrogen-bond acceptors (Lipinski definition) is 2. The maximum Gasteiger partial charge on any atom is 0.257 e. The third-order valence-corrected chi connectivity index (χ3v) is 4.67. The summed E-state index contributed by atoms with van der Waals surface area (Å²) in [4.78, 5) is 16.9. The number of aromatic nitrogens is 1. The lowest BCUT2D eigenvalue weighted by Gasteiger charge is -2.10. The standard InChI is InChI=1S/C17H12BrIN2O/c1-10-8-11(19)9-20-16(10)21-17(22)14-6-2-5-13-12(14)4-3-7-15(13)18/h2-9H,1H3,(H,20,21,22). The highest BCUT2D eigenvalue weighted by atomic mass is 127. The molecule has 0 saturated heterocycles. The summed E-state index contributed by atoms with van der Waals surface area (Å²) in [6.45, 7) is 1.93. The molecule has 0 aliphatic carbocycles. The zero-order valence-corrected chi connectivity index (χ0v) is 15.5. The lowest BCUT2D eigenvalue weighted by Crippen LogP contribution is -2.14. The van der Waals surface area contributed by atoms with Gasteiger partial charge in [0.15, 0.2) is 0 Å². The number of benzene rings is 2. The fourth-order valence-corrected chi connectivity index (χ4v) is 3.42. The van der Waals surface area contributed by atoms with Crippen molar-refractivity contribution in [1.29, 1.82) is 0 Å². The Hall–Kier alpha value is -1.47. The van der Waals surface area contributed by atoms with Crippen molar-refractivity contribution < 1.29 is 4.79 Å². The third kappa shape index (κ3) is 3.01. The lowest BCUT2D eigenvalue weighted by atomic mass is 10.0. The van der Waals surface area contributed by atoms with Gasteiger partial charge in [0.25, 0.3) is 5.91 Å². The van der Waals surface area contributed by atoms with E-state index in [9.17, 15) is 4.79 Å². The first-order valence-electron chi connectivity index (χ1n) is 6.67. The lowest BCUT2D eigenvalue weighted by molar-refractivity contribution is 0.102. The van der Waals surface area contributed by atoms with E-state index < -0.39 is 0 Å². The van der Waals surface area contributed by atoms with Crippen molar-refractivity contribution in [2.75, 3.05) is 5.32 Å². The van der Waals surface area contributed by atoms with E-state index in [0.29, 0.717) is 11.4 Å². The highest BCUT2D eigenvalue weighted by Gasteiger charge is 2.13. The molecule has 3 nitrogen and oxygen atoms in total. The molecule has 0 spiro atoms. The van der Waals surface area contributed by atoms with Crippen LogP contribution in [0, 0.1) is 10.5 Å². The van der Waals surface area contributed by atoms with Crippen molar-refractivity contribution in [2.45, 2.75) is 6.92 Å². The molecule has 110 valence electrons. The summed E-state index contributed by atoms with van der Waals surface area (Å²) in [7, 11) is 0. The molecule has 0 bridgehead atoms. The number of carbonyl (C=O) groups is 1. The molecule has 0 aliphatic heterocycles. The van der Waals surface area contributed by atoms with E-state index in [4.69, 9.17) is 0 Å². The zero-order valence-electron chi connectivity index (χ0n) is 11.7. The Morgan fingerprint density at radius 2 is 1.91 bits per heavy atom. The van der Waals surface area contributed by atoms with Crippen molar-refractivity contribution >= 4 is 61.0 Å². The van der Waals surface area contributed by atoms with Gasteiger partial charge in [0.1, 0.15) is 5.82 Å². The number of halogens is 2. The molecule has 0 radical (unpaired) electrons.